The SMILES string of the molecule is CCOC(=O)c1c(N)n[nH]c1-c1cnccn1. The Bertz CT molecular complexity index is 523. The molecule has 2 heterocycles. The van der Waals surface area contributed by atoms with Gasteiger partial charge >= 0.3 is 5.97 Å². The highest BCUT2D eigenvalue weighted by atomic mass is 16.5. The number of aromatic nitrogens is 4. The van der Waals surface area contributed by atoms with Crippen molar-refractivity contribution in [1.29, 1.82) is 0 Å². The van der Waals surface area contributed by atoms with Gasteiger partial charge in [0.15, 0.2) is 5.82 Å². The van der Waals surface area contributed by atoms with Crippen molar-refractivity contribution < 1.29 is 9.53 Å². The van der Waals surface area contributed by atoms with Crippen LogP contribution in [0.25, 0.3) is 11.4 Å². The standard InChI is InChI=1S/C10H11N5O2/c1-2-17-10(16)7-8(14-15-9(7)11)6-5-12-3-4-13-6/h3-5H,2H2,1H3,(H3,11,14,15). The number of nitrogens with zero attached hydrogens (tertiary/aromatic N) is 3. The van der Waals surface area contributed by atoms with Crippen LogP contribution in [-0.2, 0) is 4.74 Å². The van der Waals surface area contributed by atoms with Crippen molar-refractivity contribution >= 4 is 11.8 Å². The van der Waals surface area contributed by atoms with E-state index >= 15 is 0 Å². The molecule has 7 nitrogen and oxygen atoms in total. The molecule has 0 saturated heterocycles. The third-order valence-electron chi connectivity index (χ3n) is 2.09. The van der Waals surface area contributed by atoms with E-state index in [2.05, 4.69) is 20.2 Å². The lowest BCUT2D eigenvalue weighted by Gasteiger charge is -2.02. The first kappa shape index (κ1) is 11.1. The van der Waals surface area contributed by atoms with Crippen molar-refractivity contribution in [1.82, 2.24) is 20.2 Å². The van der Waals surface area contributed by atoms with Crippen LogP contribution in [0.2, 0.25) is 0 Å². The number of rotatable bonds is 3. The van der Waals surface area contributed by atoms with E-state index in [0.29, 0.717) is 11.4 Å². The minimum Gasteiger partial charge on any atom is -0.462 e. The minimum atomic E-state index is -0.528. The Labute approximate surface area is 97.0 Å². The topological polar surface area (TPSA) is 107 Å². The van der Waals surface area contributed by atoms with Gasteiger partial charge in [-0.15, -0.1) is 0 Å². The summed E-state index contributed by atoms with van der Waals surface area (Å²) in [4.78, 5) is 19.7. The van der Waals surface area contributed by atoms with Gasteiger partial charge in [0.1, 0.15) is 17.0 Å². The second-order valence-corrected chi connectivity index (χ2v) is 3.17. The number of aromatic amines is 1. The number of hydrogen-bond donors (Lipinski definition) is 2. The summed E-state index contributed by atoms with van der Waals surface area (Å²) in [7, 11) is 0. The highest BCUT2D eigenvalue weighted by molar-refractivity contribution is 6.00. The van der Waals surface area contributed by atoms with Gasteiger partial charge in [-0.1, -0.05) is 0 Å². The van der Waals surface area contributed by atoms with Gasteiger partial charge in [-0.25, -0.2) is 4.79 Å². The molecular formula is C10H11N5O2. The van der Waals surface area contributed by atoms with Crippen LogP contribution >= 0.6 is 0 Å². The highest BCUT2D eigenvalue weighted by Gasteiger charge is 2.21. The molecule has 0 fully saturated rings. The second kappa shape index (κ2) is 4.60. The van der Waals surface area contributed by atoms with Gasteiger partial charge in [0, 0.05) is 12.4 Å². The van der Waals surface area contributed by atoms with E-state index in [0.717, 1.165) is 0 Å². The molecule has 0 atom stereocenters. The normalized spacial score (nSPS) is 10.2. The largest absolute Gasteiger partial charge is 0.462 e. The molecule has 17 heavy (non-hydrogen) atoms. The first-order valence-electron chi connectivity index (χ1n) is 5.01. The van der Waals surface area contributed by atoms with E-state index in [1.54, 1.807) is 6.92 Å². The molecule has 0 aromatic carbocycles. The molecule has 2 rings (SSSR count). The predicted molar refractivity (Wildman–Crippen MR) is 60.0 cm³/mol. The third kappa shape index (κ3) is 2.07. The Hall–Kier alpha value is -2.44. The molecule has 0 saturated carbocycles. The Morgan fingerprint density at radius 1 is 1.53 bits per heavy atom. The van der Waals surface area contributed by atoms with Gasteiger partial charge in [-0.2, -0.15) is 5.10 Å². The van der Waals surface area contributed by atoms with Gasteiger partial charge in [0.05, 0.1) is 12.8 Å². The number of nitrogen functional groups attached to an aromatic ring is 1. The predicted octanol–water partition coefficient (Wildman–Crippen LogP) is 0.626. The van der Waals surface area contributed by atoms with Crippen molar-refractivity contribution in [2.45, 2.75) is 6.92 Å². The number of H-pyrrole nitrogens is 1. The Kier molecular flexibility index (Phi) is 2.99. The van der Waals surface area contributed by atoms with E-state index in [9.17, 15) is 4.79 Å². The van der Waals surface area contributed by atoms with Gasteiger partial charge in [-0.05, 0) is 6.92 Å². The van der Waals surface area contributed by atoms with Crippen LogP contribution in [0.5, 0.6) is 0 Å². The average Bonchev–Trinajstić information content (AvgIpc) is 2.73. The zero-order valence-electron chi connectivity index (χ0n) is 9.17. The first-order chi connectivity index (χ1) is 8.24. The lowest BCUT2D eigenvalue weighted by Crippen LogP contribution is -2.08. The summed E-state index contributed by atoms with van der Waals surface area (Å²) in [6.07, 6.45) is 4.56. The van der Waals surface area contributed by atoms with Crippen LogP contribution in [-0.4, -0.2) is 32.7 Å². The fourth-order valence-electron chi connectivity index (χ4n) is 1.38. The lowest BCUT2D eigenvalue weighted by atomic mass is 10.2. The molecule has 2 aromatic heterocycles. The van der Waals surface area contributed by atoms with E-state index in [1.165, 1.54) is 18.6 Å². The van der Waals surface area contributed by atoms with Crippen LogP contribution < -0.4 is 5.73 Å². The molecule has 88 valence electrons. The van der Waals surface area contributed by atoms with Crippen LogP contribution in [0.4, 0.5) is 5.82 Å². The summed E-state index contributed by atoms with van der Waals surface area (Å²) >= 11 is 0. The van der Waals surface area contributed by atoms with Gasteiger partial charge in [0.25, 0.3) is 0 Å². The van der Waals surface area contributed by atoms with Crippen molar-refractivity contribution in [2.24, 2.45) is 0 Å². The zero-order valence-corrected chi connectivity index (χ0v) is 9.17. The average molecular weight is 233 g/mol. The first-order valence-corrected chi connectivity index (χ1v) is 5.01. The van der Waals surface area contributed by atoms with Crippen LogP contribution in [0.1, 0.15) is 17.3 Å². The molecule has 0 unspecified atom stereocenters. The van der Waals surface area contributed by atoms with E-state index < -0.39 is 5.97 Å². The van der Waals surface area contributed by atoms with Crippen molar-refractivity contribution in [3.05, 3.63) is 24.2 Å². The zero-order chi connectivity index (χ0) is 12.3. The minimum absolute atomic E-state index is 0.0871. The van der Waals surface area contributed by atoms with Crippen LogP contribution in [0.3, 0.4) is 0 Å². The number of carbonyl (C=O) groups excluding carboxylic acids is 1. The smallest absolute Gasteiger partial charge is 0.344 e. The molecule has 0 amide bonds. The molecule has 0 spiro atoms. The van der Waals surface area contributed by atoms with Crippen molar-refractivity contribution in [3.8, 4) is 11.4 Å². The number of nitrogens with two attached hydrogens (primary N) is 1. The number of nitrogens with one attached hydrogen (secondary N) is 1. The van der Waals surface area contributed by atoms with Crippen molar-refractivity contribution in [3.63, 3.8) is 0 Å². The molecule has 0 aliphatic heterocycles. The molecule has 7 heteroatoms. The Balaban J connectivity index is 2.46. The molecule has 3 N–H and O–H groups in total. The van der Waals surface area contributed by atoms with E-state index in [4.69, 9.17) is 10.5 Å². The number of esters is 1. The number of ether oxygens (including phenoxy) is 1. The lowest BCUT2D eigenvalue weighted by molar-refractivity contribution is 0.0528. The molecule has 0 bridgehead atoms. The molecule has 0 aliphatic carbocycles. The summed E-state index contributed by atoms with van der Waals surface area (Å²) in [5.74, 6) is -0.441. The quantitative estimate of drug-likeness (QED) is 0.753. The van der Waals surface area contributed by atoms with Gasteiger partial charge in [0.2, 0.25) is 0 Å². The second-order valence-electron chi connectivity index (χ2n) is 3.17. The third-order valence-corrected chi connectivity index (χ3v) is 2.09. The summed E-state index contributed by atoms with van der Waals surface area (Å²) < 4.78 is 4.90. The monoisotopic (exact) mass is 233 g/mol. The Morgan fingerprint density at radius 3 is 3.00 bits per heavy atom. The fourth-order valence-corrected chi connectivity index (χ4v) is 1.38. The number of anilines is 1. The highest BCUT2D eigenvalue weighted by Crippen LogP contribution is 2.23. The summed E-state index contributed by atoms with van der Waals surface area (Å²) in [6.45, 7) is 1.99. The Morgan fingerprint density at radius 2 is 2.35 bits per heavy atom. The maximum absolute atomic E-state index is 11.7. The number of carbonyl (C=O) groups is 1. The molecule has 0 aliphatic rings. The van der Waals surface area contributed by atoms with Crippen LogP contribution in [0.15, 0.2) is 18.6 Å². The van der Waals surface area contributed by atoms with E-state index in [1.807, 2.05) is 0 Å². The molecular weight excluding hydrogens is 222 g/mol. The maximum atomic E-state index is 11.7. The van der Waals surface area contributed by atoms with E-state index in [-0.39, 0.29) is 18.0 Å². The van der Waals surface area contributed by atoms with Gasteiger partial charge < -0.3 is 10.5 Å². The van der Waals surface area contributed by atoms with Gasteiger partial charge in [-0.3, -0.25) is 15.1 Å². The molecule has 0 radical (unpaired) electrons. The summed E-state index contributed by atoms with van der Waals surface area (Å²) in [5, 5.41) is 6.43. The fraction of sp³-hybridized carbons (Fsp3) is 0.200. The molecule has 2 aromatic rings. The number of hydrogen-bond acceptors (Lipinski definition) is 6. The summed E-state index contributed by atoms with van der Waals surface area (Å²) in [6, 6.07) is 0. The maximum Gasteiger partial charge on any atom is 0.344 e. The van der Waals surface area contributed by atoms with Crippen LogP contribution in [0, 0.1) is 0 Å². The van der Waals surface area contributed by atoms with Crippen molar-refractivity contribution in [2.75, 3.05) is 12.3 Å². The summed E-state index contributed by atoms with van der Waals surface area (Å²) in [5.41, 5.74) is 6.70.